The maximum Gasteiger partial charge on any atom is 0.228 e. The molecule has 0 aromatic heterocycles. The van der Waals surface area contributed by atoms with Crippen LogP contribution in [0.5, 0.6) is 0 Å². The average molecular weight is 226 g/mol. The van der Waals surface area contributed by atoms with Crippen molar-refractivity contribution in [2.75, 3.05) is 19.6 Å². The topological polar surface area (TPSA) is 55.6 Å². The van der Waals surface area contributed by atoms with Gasteiger partial charge in [-0.25, -0.2) is 0 Å². The Labute approximate surface area is 97.1 Å². The van der Waals surface area contributed by atoms with Crippen LogP contribution < -0.4 is 5.73 Å². The lowest BCUT2D eigenvalue weighted by molar-refractivity contribution is -0.144. The Morgan fingerprint density at radius 1 is 1.31 bits per heavy atom. The van der Waals surface area contributed by atoms with Crippen LogP contribution in [0.1, 0.15) is 20.8 Å². The minimum Gasteiger partial charge on any atom is -0.374 e. The van der Waals surface area contributed by atoms with Crippen molar-refractivity contribution in [2.45, 2.75) is 33.0 Å². The number of rotatable bonds is 2. The number of carbonyl (C=O) groups excluding carboxylic acids is 1. The molecule has 0 radical (unpaired) electrons. The van der Waals surface area contributed by atoms with E-state index >= 15 is 0 Å². The van der Waals surface area contributed by atoms with Gasteiger partial charge < -0.3 is 15.4 Å². The van der Waals surface area contributed by atoms with Gasteiger partial charge in [-0.05, 0) is 26.3 Å². The standard InChI is InChI=1S/C12H22N2O2/c1-7-8(2)16-9(3)11(7)12(15)14-5-10(4-13)6-14/h7-11H,4-6,13H2,1-3H3. The molecule has 4 nitrogen and oxygen atoms in total. The second-order valence-corrected chi connectivity index (χ2v) is 5.28. The zero-order valence-corrected chi connectivity index (χ0v) is 10.3. The third-order valence-electron chi connectivity index (χ3n) is 4.13. The van der Waals surface area contributed by atoms with Crippen LogP contribution in [0, 0.1) is 17.8 Å². The molecule has 0 aromatic rings. The van der Waals surface area contributed by atoms with Gasteiger partial charge in [0.15, 0.2) is 0 Å². The molecule has 4 heteroatoms. The Morgan fingerprint density at radius 3 is 2.38 bits per heavy atom. The highest BCUT2D eigenvalue weighted by Crippen LogP contribution is 2.34. The first-order chi connectivity index (χ1) is 7.54. The van der Waals surface area contributed by atoms with Crippen LogP contribution in [0.15, 0.2) is 0 Å². The molecule has 0 saturated carbocycles. The maximum atomic E-state index is 12.3. The number of ether oxygens (including phenoxy) is 1. The van der Waals surface area contributed by atoms with E-state index in [1.54, 1.807) is 0 Å². The Hall–Kier alpha value is -0.610. The van der Waals surface area contributed by atoms with Gasteiger partial charge in [0.2, 0.25) is 5.91 Å². The minimum absolute atomic E-state index is 0.0359. The van der Waals surface area contributed by atoms with E-state index in [4.69, 9.17) is 10.5 Å². The molecule has 0 aliphatic carbocycles. The first-order valence-electron chi connectivity index (χ1n) is 6.19. The van der Waals surface area contributed by atoms with Gasteiger partial charge in [-0.1, -0.05) is 6.92 Å². The van der Waals surface area contributed by atoms with E-state index < -0.39 is 0 Å². The Balaban J connectivity index is 1.95. The zero-order chi connectivity index (χ0) is 11.9. The molecule has 2 fully saturated rings. The number of nitrogens with zero attached hydrogens (tertiary/aromatic N) is 1. The summed E-state index contributed by atoms with van der Waals surface area (Å²) in [6.45, 7) is 8.51. The van der Waals surface area contributed by atoms with E-state index in [0.29, 0.717) is 18.4 Å². The van der Waals surface area contributed by atoms with E-state index in [-0.39, 0.29) is 24.0 Å². The number of amides is 1. The van der Waals surface area contributed by atoms with Gasteiger partial charge in [0.25, 0.3) is 0 Å². The van der Waals surface area contributed by atoms with Gasteiger partial charge in [0.1, 0.15) is 0 Å². The van der Waals surface area contributed by atoms with E-state index in [1.165, 1.54) is 0 Å². The molecule has 1 amide bonds. The third kappa shape index (κ3) is 1.84. The third-order valence-corrected chi connectivity index (χ3v) is 4.13. The smallest absolute Gasteiger partial charge is 0.228 e. The first kappa shape index (κ1) is 11.9. The van der Waals surface area contributed by atoms with E-state index in [0.717, 1.165) is 13.1 Å². The second kappa shape index (κ2) is 4.34. The molecule has 0 aromatic carbocycles. The molecule has 0 spiro atoms. The lowest BCUT2D eigenvalue weighted by Crippen LogP contribution is -2.55. The van der Waals surface area contributed by atoms with Crippen molar-refractivity contribution in [2.24, 2.45) is 23.5 Å². The van der Waals surface area contributed by atoms with Crippen LogP contribution in [-0.2, 0) is 9.53 Å². The van der Waals surface area contributed by atoms with E-state index in [1.807, 2.05) is 18.7 Å². The van der Waals surface area contributed by atoms with Gasteiger partial charge in [0, 0.05) is 19.0 Å². The van der Waals surface area contributed by atoms with Crippen molar-refractivity contribution < 1.29 is 9.53 Å². The highest BCUT2D eigenvalue weighted by molar-refractivity contribution is 5.80. The Bertz CT molecular complexity index is 276. The maximum absolute atomic E-state index is 12.3. The van der Waals surface area contributed by atoms with Crippen LogP contribution >= 0.6 is 0 Å². The Kier molecular flexibility index (Phi) is 3.22. The molecular weight excluding hydrogens is 204 g/mol. The SMILES string of the molecule is CC1OC(C)C(C(=O)N2CC(CN)C2)C1C. The highest BCUT2D eigenvalue weighted by atomic mass is 16.5. The Morgan fingerprint density at radius 2 is 1.94 bits per heavy atom. The second-order valence-electron chi connectivity index (χ2n) is 5.28. The fourth-order valence-electron chi connectivity index (χ4n) is 2.80. The van der Waals surface area contributed by atoms with Gasteiger partial charge in [-0.15, -0.1) is 0 Å². The molecule has 92 valence electrons. The zero-order valence-electron chi connectivity index (χ0n) is 10.3. The first-order valence-corrected chi connectivity index (χ1v) is 6.19. The number of hydrogen-bond acceptors (Lipinski definition) is 3. The van der Waals surface area contributed by atoms with Gasteiger partial charge in [-0.2, -0.15) is 0 Å². The molecule has 2 aliphatic rings. The van der Waals surface area contributed by atoms with Crippen molar-refractivity contribution in [3.63, 3.8) is 0 Å². The minimum atomic E-state index is 0.0359. The summed E-state index contributed by atoms with van der Waals surface area (Å²) in [5, 5.41) is 0. The van der Waals surface area contributed by atoms with E-state index in [9.17, 15) is 4.79 Å². The predicted octanol–water partition coefficient (Wildman–Crippen LogP) is 0.463. The molecule has 16 heavy (non-hydrogen) atoms. The number of likely N-dealkylation sites (tertiary alicyclic amines) is 1. The molecule has 2 N–H and O–H groups in total. The molecule has 2 heterocycles. The van der Waals surface area contributed by atoms with Crippen LogP contribution in [0.3, 0.4) is 0 Å². The van der Waals surface area contributed by atoms with Crippen LogP contribution in [0.25, 0.3) is 0 Å². The summed E-state index contributed by atoms with van der Waals surface area (Å²) in [7, 11) is 0. The van der Waals surface area contributed by atoms with Crippen molar-refractivity contribution >= 4 is 5.91 Å². The number of nitrogens with two attached hydrogens (primary N) is 1. The summed E-state index contributed by atoms with van der Waals surface area (Å²) < 4.78 is 5.71. The fraction of sp³-hybridized carbons (Fsp3) is 0.917. The fourth-order valence-corrected chi connectivity index (χ4v) is 2.80. The lowest BCUT2D eigenvalue weighted by atomic mass is 9.86. The summed E-state index contributed by atoms with van der Waals surface area (Å²) in [4.78, 5) is 14.2. The molecule has 4 unspecified atom stereocenters. The highest BCUT2D eigenvalue weighted by Gasteiger charge is 2.45. The molecule has 0 bridgehead atoms. The quantitative estimate of drug-likeness (QED) is 0.744. The molecule has 2 saturated heterocycles. The van der Waals surface area contributed by atoms with Crippen LogP contribution in [0.2, 0.25) is 0 Å². The largest absolute Gasteiger partial charge is 0.374 e. The van der Waals surface area contributed by atoms with Crippen molar-refractivity contribution in [1.82, 2.24) is 4.90 Å². The van der Waals surface area contributed by atoms with Gasteiger partial charge >= 0.3 is 0 Å². The predicted molar refractivity (Wildman–Crippen MR) is 61.8 cm³/mol. The van der Waals surface area contributed by atoms with Crippen LogP contribution in [-0.4, -0.2) is 42.6 Å². The molecule has 4 atom stereocenters. The summed E-state index contributed by atoms with van der Waals surface area (Å²) in [6, 6.07) is 0. The van der Waals surface area contributed by atoms with Gasteiger partial charge in [0.05, 0.1) is 18.1 Å². The number of hydrogen-bond donors (Lipinski definition) is 1. The summed E-state index contributed by atoms with van der Waals surface area (Å²) in [6.07, 6.45) is 0.241. The number of carbonyl (C=O) groups is 1. The van der Waals surface area contributed by atoms with Crippen LogP contribution in [0.4, 0.5) is 0 Å². The summed E-state index contributed by atoms with van der Waals surface area (Å²) in [5.41, 5.74) is 5.56. The summed E-state index contributed by atoms with van der Waals surface area (Å²) >= 11 is 0. The molecule has 2 rings (SSSR count). The monoisotopic (exact) mass is 226 g/mol. The van der Waals surface area contributed by atoms with E-state index in [2.05, 4.69) is 6.92 Å². The normalized spacial score (nSPS) is 39.9. The lowest BCUT2D eigenvalue weighted by Gasteiger charge is -2.41. The molecule has 2 aliphatic heterocycles. The van der Waals surface area contributed by atoms with Crippen molar-refractivity contribution in [3.8, 4) is 0 Å². The molecular formula is C12H22N2O2. The average Bonchev–Trinajstić information content (AvgIpc) is 2.39. The van der Waals surface area contributed by atoms with Crippen molar-refractivity contribution in [1.29, 1.82) is 0 Å². The van der Waals surface area contributed by atoms with Crippen molar-refractivity contribution in [3.05, 3.63) is 0 Å². The van der Waals surface area contributed by atoms with Gasteiger partial charge in [-0.3, -0.25) is 4.79 Å². The summed E-state index contributed by atoms with van der Waals surface area (Å²) in [5.74, 6) is 1.12.